The molecule has 0 radical (unpaired) electrons. The molecule has 1 N–H and O–H groups in total. The molecule has 0 bridgehead atoms. The molecule has 0 aromatic heterocycles. The maximum absolute atomic E-state index is 9.58. The van der Waals surface area contributed by atoms with Crippen molar-refractivity contribution < 1.29 is 5.11 Å². The highest BCUT2D eigenvalue weighted by Crippen LogP contribution is 2.32. The predicted molar refractivity (Wildman–Crippen MR) is 54.4 cm³/mol. The van der Waals surface area contributed by atoms with Gasteiger partial charge in [-0.2, -0.15) is 5.26 Å². The van der Waals surface area contributed by atoms with Crippen molar-refractivity contribution in [3.63, 3.8) is 0 Å². The summed E-state index contributed by atoms with van der Waals surface area (Å²) < 4.78 is 0.808. The van der Waals surface area contributed by atoms with E-state index >= 15 is 0 Å². The van der Waals surface area contributed by atoms with Gasteiger partial charge in [0.1, 0.15) is 5.75 Å². The molecule has 0 aliphatic heterocycles. The minimum absolute atomic E-state index is 0.154. The van der Waals surface area contributed by atoms with Crippen LogP contribution in [-0.2, 0) is 5.41 Å². The molecule has 0 saturated heterocycles. The van der Waals surface area contributed by atoms with Crippen molar-refractivity contribution in [1.29, 1.82) is 5.26 Å². The fourth-order valence-corrected chi connectivity index (χ4v) is 1.44. The molecule has 3 heteroatoms. The maximum Gasteiger partial charge on any atom is 0.121 e. The fourth-order valence-electron chi connectivity index (χ4n) is 1.09. The van der Waals surface area contributed by atoms with E-state index in [0.717, 1.165) is 4.47 Å². The largest absolute Gasteiger partial charge is 0.508 e. The Labute approximate surface area is 85.9 Å². The van der Waals surface area contributed by atoms with Gasteiger partial charge in [0.15, 0.2) is 0 Å². The first-order valence-electron chi connectivity index (χ1n) is 3.87. The van der Waals surface area contributed by atoms with E-state index in [1.807, 2.05) is 6.07 Å². The number of nitrogens with zero attached hydrogens (tertiary/aromatic N) is 1. The average Bonchev–Trinajstić information content (AvgIpc) is 2.03. The Balaban J connectivity index is 3.26. The van der Waals surface area contributed by atoms with Crippen LogP contribution in [0.15, 0.2) is 22.7 Å². The van der Waals surface area contributed by atoms with Crippen molar-refractivity contribution in [2.75, 3.05) is 0 Å². The molecule has 0 atom stereocenters. The van der Waals surface area contributed by atoms with Gasteiger partial charge < -0.3 is 5.11 Å². The Bertz CT molecular complexity index is 366. The highest BCUT2D eigenvalue weighted by atomic mass is 79.9. The first-order chi connectivity index (χ1) is 5.97. The van der Waals surface area contributed by atoms with Crippen LogP contribution < -0.4 is 0 Å². The number of phenolic OH excluding ortho intramolecular Hbond substituents is 1. The molecule has 0 spiro atoms. The zero-order chi connectivity index (χ0) is 10.1. The third-order valence-corrected chi connectivity index (χ3v) is 2.41. The first kappa shape index (κ1) is 10.1. The van der Waals surface area contributed by atoms with Gasteiger partial charge in [-0.1, -0.05) is 22.0 Å². The fraction of sp³-hybridized carbons (Fsp3) is 0.300. The number of hydrogen-bond donors (Lipinski definition) is 1. The van der Waals surface area contributed by atoms with Crippen molar-refractivity contribution in [3.05, 3.63) is 28.2 Å². The van der Waals surface area contributed by atoms with E-state index in [0.29, 0.717) is 5.56 Å². The lowest BCUT2D eigenvalue weighted by Crippen LogP contribution is -2.13. The highest BCUT2D eigenvalue weighted by molar-refractivity contribution is 9.10. The standard InChI is InChI=1S/C10H10BrNO/c1-10(2,6-12)8-4-3-7(11)5-9(8)13/h3-5,13H,1-2H3. The van der Waals surface area contributed by atoms with Crippen LogP contribution in [0.25, 0.3) is 0 Å². The van der Waals surface area contributed by atoms with E-state index in [4.69, 9.17) is 5.26 Å². The molecule has 0 amide bonds. The SMILES string of the molecule is CC(C)(C#N)c1ccc(Br)cc1O. The number of nitriles is 1. The number of halogens is 1. The summed E-state index contributed by atoms with van der Waals surface area (Å²) in [5.41, 5.74) is 0.00308. The van der Waals surface area contributed by atoms with Gasteiger partial charge in [-0.3, -0.25) is 0 Å². The maximum atomic E-state index is 9.58. The van der Waals surface area contributed by atoms with E-state index in [1.165, 1.54) is 0 Å². The minimum atomic E-state index is -0.648. The third kappa shape index (κ3) is 2.02. The molecule has 0 aliphatic rings. The second-order valence-corrected chi connectivity index (χ2v) is 4.31. The van der Waals surface area contributed by atoms with Crippen LogP contribution in [0.5, 0.6) is 5.75 Å². The average molecular weight is 240 g/mol. The van der Waals surface area contributed by atoms with E-state index < -0.39 is 5.41 Å². The minimum Gasteiger partial charge on any atom is -0.508 e. The summed E-state index contributed by atoms with van der Waals surface area (Å²) in [5.74, 6) is 0.154. The van der Waals surface area contributed by atoms with Gasteiger partial charge in [0.05, 0.1) is 11.5 Å². The lowest BCUT2D eigenvalue weighted by Gasteiger charge is -2.17. The quantitative estimate of drug-likeness (QED) is 0.820. The van der Waals surface area contributed by atoms with Crippen LogP contribution in [0.1, 0.15) is 19.4 Å². The molecule has 0 saturated carbocycles. The predicted octanol–water partition coefficient (Wildman–Crippen LogP) is 2.96. The van der Waals surface area contributed by atoms with Gasteiger partial charge in [-0.05, 0) is 26.0 Å². The van der Waals surface area contributed by atoms with Gasteiger partial charge in [-0.25, -0.2) is 0 Å². The van der Waals surface area contributed by atoms with Crippen LogP contribution in [0.4, 0.5) is 0 Å². The Morgan fingerprint density at radius 1 is 1.46 bits per heavy atom. The molecule has 0 aliphatic carbocycles. The van der Waals surface area contributed by atoms with E-state index in [9.17, 15) is 5.11 Å². The van der Waals surface area contributed by atoms with Crippen molar-refractivity contribution in [2.45, 2.75) is 19.3 Å². The van der Waals surface area contributed by atoms with Crippen LogP contribution in [0, 0.1) is 11.3 Å². The second-order valence-electron chi connectivity index (χ2n) is 3.40. The van der Waals surface area contributed by atoms with E-state index in [1.54, 1.807) is 26.0 Å². The van der Waals surface area contributed by atoms with Gasteiger partial charge in [0.2, 0.25) is 0 Å². The van der Waals surface area contributed by atoms with Crippen LogP contribution >= 0.6 is 15.9 Å². The number of hydrogen-bond acceptors (Lipinski definition) is 2. The lowest BCUT2D eigenvalue weighted by molar-refractivity contribution is 0.456. The zero-order valence-electron chi connectivity index (χ0n) is 7.50. The Hall–Kier alpha value is -1.01. The molecule has 68 valence electrons. The number of rotatable bonds is 1. The molecular weight excluding hydrogens is 230 g/mol. The molecule has 2 nitrogen and oxygen atoms in total. The third-order valence-electron chi connectivity index (χ3n) is 1.91. The Morgan fingerprint density at radius 3 is 2.54 bits per heavy atom. The number of phenols is 1. The highest BCUT2D eigenvalue weighted by Gasteiger charge is 2.22. The monoisotopic (exact) mass is 239 g/mol. The topological polar surface area (TPSA) is 44.0 Å². The van der Waals surface area contributed by atoms with Gasteiger partial charge >= 0.3 is 0 Å². The van der Waals surface area contributed by atoms with E-state index in [-0.39, 0.29) is 5.75 Å². The first-order valence-corrected chi connectivity index (χ1v) is 4.67. The summed E-state index contributed by atoms with van der Waals surface area (Å²) in [6, 6.07) is 7.30. The van der Waals surface area contributed by atoms with Gasteiger partial charge in [0.25, 0.3) is 0 Å². The molecule has 13 heavy (non-hydrogen) atoms. The van der Waals surface area contributed by atoms with Crippen molar-refractivity contribution in [2.24, 2.45) is 0 Å². The van der Waals surface area contributed by atoms with Gasteiger partial charge in [-0.15, -0.1) is 0 Å². The Morgan fingerprint density at radius 2 is 2.08 bits per heavy atom. The molecule has 1 rings (SSSR count). The summed E-state index contributed by atoms with van der Waals surface area (Å²) in [5, 5.41) is 18.4. The number of benzene rings is 1. The molecule has 0 unspecified atom stereocenters. The molecular formula is C10H10BrNO. The summed E-state index contributed by atoms with van der Waals surface area (Å²) in [4.78, 5) is 0. The van der Waals surface area contributed by atoms with Crippen LogP contribution in [-0.4, -0.2) is 5.11 Å². The zero-order valence-corrected chi connectivity index (χ0v) is 9.09. The Kier molecular flexibility index (Phi) is 2.63. The lowest BCUT2D eigenvalue weighted by atomic mass is 9.86. The molecule has 1 aromatic rings. The summed E-state index contributed by atoms with van der Waals surface area (Å²) in [7, 11) is 0. The van der Waals surface area contributed by atoms with Crippen molar-refractivity contribution in [3.8, 4) is 11.8 Å². The molecule has 0 fully saturated rings. The summed E-state index contributed by atoms with van der Waals surface area (Å²) in [6.45, 7) is 3.55. The van der Waals surface area contributed by atoms with Crippen molar-refractivity contribution in [1.82, 2.24) is 0 Å². The van der Waals surface area contributed by atoms with Crippen LogP contribution in [0.3, 0.4) is 0 Å². The second kappa shape index (κ2) is 3.39. The summed E-state index contributed by atoms with van der Waals surface area (Å²) in [6.07, 6.45) is 0. The summed E-state index contributed by atoms with van der Waals surface area (Å²) >= 11 is 3.24. The van der Waals surface area contributed by atoms with Crippen LogP contribution in [0.2, 0.25) is 0 Å². The normalized spacial score (nSPS) is 10.9. The molecule has 1 aromatic carbocycles. The van der Waals surface area contributed by atoms with Crippen molar-refractivity contribution >= 4 is 15.9 Å². The van der Waals surface area contributed by atoms with Gasteiger partial charge in [0, 0.05) is 10.0 Å². The van der Waals surface area contributed by atoms with E-state index in [2.05, 4.69) is 22.0 Å². The number of aromatic hydroxyl groups is 1. The molecule has 0 heterocycles. The smallest absolute Gasteiger partial charge is 0.121 e.